The highest BCUT2D eigenvalue weighted by Gasteiger charge is 2.17. The maximum absolute atomic E-state index is 6.34. The fourth-order valence-electron chi connectivity index (χ4n) is 3.90. The molecule has 0 fully saturated rings. The van der Waals surface area contributed by atoms with Crippen LogP contribution in [0.5, 0.6) is 0 Å². The predicted molar refractivity (Wildman–Crippen MR) is 121 cm³/mol. The number of rotatable bonds is 11. The van der Waals surface area contributed by atoms with Gasteiger partial charge in [-0.3, -0.25) is 0 Å². The van der Waals surface area contributed by atoms with E-state index in [-0.39, 0.29) is 0 Å². The van der Waals surface area contributed by atoms with Crippen molar-refractivity contribution < 1.29 is 4.74 Å². The van der Waals surface area contributed by atoms with Crippen LogP contribution in [0.2, 0.25) is 0 Å². The minimum absolute atomic E-state index is 0.520. The van der Waals surface area contributed by atoms with Gasteiger partial charge in [-0.15, -0.1) is 0 Å². The van der Waals surface area contributed by atoms with Crippen molar-refractivity contribution in [3.8, 4) is 0 Å². The highest BCUT2D eigenvalue weighted by atomic mass is 16.5. The van der Waals surface area contributed by atoms with E-state index in [9.17, 15) is 0 Å². The van der Waals surface area contributed by atoms with Gasteiger partial charge >= 0.3 is 0 Å². The Morgan fingerprint density at radius 1 is 1.10 bits per heavy atom. The molecule has 0 aliphatic rings. The van der Waals surface area contributed by atoms with Gasteiger partial charge in [-0.1, -0.05) is 31.9 Å². The van der Waals surface area contributed by atoms with Crippen molar-refractivity contribution >= 4 is 27.8 Å². The second kappa shape index (κ2) is 10.0. The number of pyridine rings is 1. The Kier molecular flexibility index (Phi) is 7.45. The number of hydrogen-bond acceptors (Lipinski definition) is 5. The van der Waals surface area contributed by atoms with E-state index in [1.807, 2.05) is 0 Å². The first-order chi connectivity index (χ1) is 14.0. The molecule has 0 unspecified atom stereocenters. The fourth-order valence-corrected chi connectivity index (χ4v) is 3.90. The van der Waals surface area contributed by atoms with E-state index in [0.717, 1.165) is 72.1 Å². The number of nitrogens with two attached hydrogens (primary N) is 1. The number of nitrogens with zero attached hydrogens (tertiary/aromatic N) is 4. The number of anilines is 1. The molecule has 0 spiro atoms. The predicted octanol–water partition coefficient (Wildman–Crippen LogP) is 4.39. The molecule has 0 amide bonds. The molecule has 0 saturated heterocycles. The van der Waals surface area contributed by atoms with Crippen LogP contribution in [0.4, 0.5) is 5.82 Å². The van der Waals surface area contributed by atoms with Crippen LogP contribution in [0.3, 0.4) is 0 Å². The third-order valence-electron chi connectivity index (χ3n) is 5.40. The van der Waals surface area contributed by atoms with Crippen LogP contribution < -0.4 is 5.73 Å². The number of ether oxygens (including phenoxy) is 1. The number of imidazole rings is 1. The van der Waals surface area contributed by atoms with Gasteiger partial charge < -0.3 is 19.9 Å². The molecule has 1 aromatic carbocycles. The number of aromatic nitrogens is 3. The number of hydrogen-bond donors (Lipinski definition) is 1. The first-order valence-corrected chi connectivity index (χ1v) is 10.8. The zero-order chi connectivity index (χ0) is 20.8. The lowest BCUT2D eigenvalue weighted by Gasteiger charge is -2.12. The van der Waals surface area contributed by atoms with Gasteiger partial charge in [0.15, 0.2) is 5.82 Å². The summed E-state index contributed by atoms with van der Waals surface area (Å²) in [6, 6.07) is 6.34. The summed E-state index contributed by atoms with van der Waals surface area (Å²) in [5.74, 6) is 1.66. The summed E-state index contributed by atoms with van der Waals surface area (Å²) in [5.41, 5.74) is 10.3. The molecule has 0 atom stereocenters. The Hall–Kier alpha value is -2.18. The normalized spacial score (nSPS) is 11.9. The quantitative estimate of drug-likeness (QED) is 0.486. The minimum Gasteiger partial charge on any atom is -0.382 e. The van der Waals surface area contributed by atoms with Crippen molar-refractivity contribution in [1.29, 1.82) is 0 Å². The minimum atomic E-state index is 0.520. The van der Waals surface area contributed by atoms with E-state index < -0.39 is 0 Å². The number of aryl methyl sites for hydroxylation is 2. The number of nitrogen functional groups attached to an aromatic ring is 1. The van der Waals surface area contributed by atoms with Gasteiger partial charge in [-0.05, 0) is 51.5 Å². The number of benzene rings is 1. The second-order valence-electron chi connectivity index (χ2n) is 8.13. The molecule has 3 rings (SSSR count). The highest BCUT2D eigenvalue weighted by Crippen LogP contribution is 2.30. The van der Waals surface area contributed by atoms with Crippen LogP contribution in [0, 0.1) is 0 Å². The molecule has 2 N–H and O–H groups in total. The summed E-state index contributed by atoms with van der Waals surface area (Å²) in [5, 5.41) is 1.12. The third-order valence-corrected chi connectivity index (χ3v) is 5.40. The second-order valence-corrected chi connectivity index (χ2v) is 8.13. The molecule has 0 saturated carbocycles. The first kappa shape index (κ1) is 21.5. The summed E-state index contributed by atoms with van der Waals surface area (Å²) in [6.07, 6.45) is 6.83. The molecular formula is C23H35N5O. The van der Waals surface area contributed by atoms with Gasteiger partial charge in [-0.2, -0.15) is 0 Å². The molecule has 6 nitrogen and oxygen atoms in total. The van der Waals surface area contributed by atoms with E-state index in [0.29, 0.717) is 12.4 Å². The zero-order valence-electron chi connectivity index (χ0n) is 18.4. The SMILES string of the molecule is CCCCc1nc2c(N)nc3cc(COC)ccc3c2n1CCCCCN(C)C. The highest BCUT2D eigenvalue weighted by molar-refractivity contribution is 6.06. The van der Waals surface area contributed by atoms with Gasteiger partial charge in [0.25, 0.3) is 0 Å². The van der Waals surface area contributed by atoms with Crippen molar-refractivity contribution in [3.63, 3.8) is 0 Å². The number of unbranched alkanes of at least 4 members (excludes halogenated alkanes) is 3. The summed E-state index contributed by atoms with van der Waals surface area (Å²) in [6.45, 7) is 4.90. The van der Waals surface area contributed by atoms with Crippen LogP contribution in [0.25, 0.3) is 21.9 Å². The lowest BCUT2D eigenvalue weighted by Crippen LogP contribution is -2.13. The van der Waals surface area contributed by atoms with Crippen LogP contribution in [0.15, 0.2) is 18.2 Å². The third kappa shape index (κ3) is 5.06. The van der Waals surface area contributed by atoms with Crippen LogP contribution >= 0.6 is 0 Å². The maximum atomic E-state index is 6.34. The van der Waals surface area contributed by atoms with Crippen molar-refractivity contribution in [2.24, 2.45) is 0 Å². The number of methoxy groups -OCH3 is 1. The summed E-state index contributed by atoms with van der Waals surface area (Å²) >= 11 is 0. The van der Waals surface area contributed by atoms with Gasteiger partial charge in [0.05, 0.1) is 17.6 Å². The molecule has 3 aromatic rings. The van der Waals surface area contributed by atoms with Gasteiger partial charge in [0.2, 0.25) is 0 Å². The van der Waals surface area contributed by atoms with Crippen molar-refractivity contribution in [2.75, 3.05) is 33.5 Å². The largest absolute Gasteiger partial charge is 0.382 e. The molecule has 0 radical (unpaired) electrons. The van der Waals surface area contributed by atoms with E-state index in [4.69, 9.17) is 15.5 Å². The van der Waals surface area contributed by atoms with Crippen LogP contribution in [0.1, 0.15) is 50.4 Å². The molecular weight excluding hydrogens is 362 g/mol. The standard InChI is InChI=1S/C23H35N5O/c1-5-6-10-20-26-21-22(28(20)14-9-7-8-13-27(2)3)18-12-11-17(16-29-4)15-19(18)25-23(21)24/h11-12,15H,5-10,13-14,16H2,1-4H3,(H2,24,25). The van der Waals surface area contributed by atoms with Gasteiger partial charge in [0, 0.05) is 25.5 Å². The van der Waals surface area contributed by atoms with E-state index >= 15 is 0 Å². The van der Waals surface area contributed by atoms with Gasteiger partial charge in [-0.25, -0.2) is 9.97 Å². The van der Waals surface area contributed by atoms with Crippen molar-refractivity contribution in [1.82, 2.24) is 19.4 Å². The molecule has 6 heteroatoms. The molecule has 0 bridgehead atoms. The molecule has 158 valence electrons. The maximum Gasteiger partial charge on any atom is 0.152 e. The monoisotopic (exact) mass is 397 g/mol. The Balaban J connectivity index is 2.00. The van der Waals surface area contributed by atoms with Gasteiger partial charge in [0.1, 0.15) is 11.3 Å². The Morgan fingerprint density at radius 3 is 2.66 bits per heavy atom. The van der Waals surface area contributed by atoms with E-state index in [2.05, 4.69) is 53.7 Å². The average molecular weight is 398 g/mol. The zero-order valence-corrected chi connectivity index (χ0v) is 18.4. The molecule has 29 heavy (non-hydrogen) atoms. The summed E-state index contributed by atoms with van der Waals surface area (Å²) in [4.78, 5) is 11.8. The molecule has 0 aliphatic carbocycles. The van der Waals surface area contributed by atoms with E-state index in [1.165, 1.54) is 12.8 Å². The van der Waals surface area contributed by atoms with Crippen molar-refractivity contribution in [2.45, 2.75) is 58.6 Å². The first-order valence-electron chi connectivity index (χ1n) is 10.8. The lowest BCUT2D eigenvalue weighted by molar-refractivity contribution is 0.185. The Morgan fingerprint density at radius 2 is 1.93 bits per heavy atom. The Bertz CT molecular complexity index is 947. The van der Waals surface area contributed by atoms with Crippen LogP contribution in [-0.2, 0) is 24.3 Å². The topological polar surface area (TPSA) is 69.2 Å². The van der Waals surface area contributed by atoms with Crippen molar-refractivity contribution in [3.05, 3.63) is 29.6 Å². The summed E-state index contributed by atoms with van der Waals surface area (Å²) in [7, 11) is 5.97. The average Bonchev–Trinajstić information content (AvgIpc) is 3.05. The molecule has 2 heterocycles. The fraction of sp³-hybridized carbons (Fsp3) is 0.565. The summed E-state index contributed by atoms with van der Waals surface area (Å²) < 4.78 is 7.68. The molecule has 0 aliphatic heterocycles. The van der Waals surface area contributed by atoms with E-state index in [1.54, 1.807) is 7.11 Å². The van der Waals surface area contributed by atoms with Crippen LogP contribution in [-0.4, -0.2) is 47.2 Å². The number of fused-ring (bicyclic) bond motifs is 3. The lowest BCUT2D eigenvalue weighted by atomic mass is 10.1. The Labute approximate surface area is 174 Å². The smallest absolute Gasteiger partial charge is 0.152 e. The molecule has 2 aromatic heterocycles.